The van der Waals surface area contributed by atoms with Crippen LogP contribution in [0.4, 0.5) is 6.01 Å². The first kappa shape index (κ1) is 15.1. The maximum absolute atomic E-state index is 5.69. The quantitative estimate of drug-likeness (QED) is 0.650. The second-order valence-corrected chi connectivity index (χ2v) is 6.23. The number of hydrogen-bond acceptors (Lipinski definition) is 6. The van der Waals surface area contributed by atoms with Crippen LogP contribution in [0.25, 0.3) is 22.5 Å². The number of benzene rings is 1. The van der Waals surface area contributed by atoms with Crippen LogP contribution in [-0.2, 0) is 0 Å². The maximum Gasteiger partial charge on any atom is 0.315 e. The van der Waals surface area contributed by atoms with Crippen molar-refractivity contribution in [1.82, 2.24) is 25.1 Å². The Labute approximate surface area is 140 Å². The van der Waals surface area contributed by atoms with E-state index in [0.29, 0.717) is 11.9 Å². The highest BCUT2D eigenvalue weighted by Gasteiger charge is 2.11. The van der Waals surface area contributed by atoms with Crippen molar-refractivity contribution in [3.8, 4) is 11.5 Å². The van der Waals surface area contributed by atoms with Gasteiger partial charge in [-0.1, -0.05) is 5.10 Å². The molecule has 0 bridgehead atoms. The molecule has 7 nitrogen and oxygen atoms in total. The van der Waals surface area contributed by atoms with Crippen LogP contribution >= 0.6 is 0 Å². The number of aromatic amines is 1. The van der Waals surface area contributed by atoms with E-state index in [1.165, 1.54) is 38.9 Å². The molecule has 0 spiro atoms. The Morgan fingerprint density at radius 1 is 1.17 bits per heavy atom. The second-order valence-electron chi connectivity index (χ2n) is 6.23. The molecule has 1 aromatic carbocycles. The summed E-state index contributed by atoms with van der Waals surface area (Å²) in [7, 11) is 0. The highest BCUT2D eigenvalue weighted by Crippen LogP contribution is 2.23. The Morgan fingerprint density at radius 2 is 2.08 bits per heavy atom. The molecular weight excluding hydrogens is 304 g/mol. The molecule has 0 unspecified atom stereocenters. The number of H-pyrrole nitrogens is 1. The molecule has 0 saturated carbocycles. The lowest BCUT2D eigenvalue weighted by Gasteiger charge is -2.13. The third kappa shape index (κ3) is 3.41. The molecule has 0 aliphatic carbocycles. The summed E-state index contributed by atoms with van der Waals surface area (Å²) in [5, 5.41) is 11.4. The van der Waals surface area contributed by atoms with Crippen LogP contribution in [0.3, 0.4) is 0 Å². The number of fused-ring (bicyclic) bond motifs is 1. The topological polar surface area (TPSA) is 82.9 Å². The summed E-state index contributed by atoms with van der Waals surface area (Å²) >= 11 is 0. The van der Waals surface area contributed by atoms with E-state index in [2.05, 4.69) is 30.4 Å². The largest absolute Gasteiger partial charge is 0.403 e. The molecule has 4 rings (SSSR count). The second kappa shape index (κ2) is 7.00. The zero-order valence-electron chi connectivity index (χ0n) is 13.7. The van der Waals surface area contributed by atoms with E-state index in [4.69, 9.17) is 4.42 Å². The average molecular weight is 326 g/mol. The molecular formula is C17H22N6O. The fraction of sp³-hybridized carbons (Fsp3) is 0.471. The zero-order chi connectivity index (χ0) is 16.2. The van der Waals surface area contributed by atoms with Crippen molar-refractivity contribution in [3.63, 3.8) is 0 Å². The molecule has 24 heavy (non-hydrogen) atoms. The predicted molar refractivity (Wildman–Crippen MR) is 92.8 cm³/mol. The summed E-state index contributed by atoms with van der Waals surface area (Å²) in [6.45, 7) is 4.58. The molecule has 0 radical (unpaired) electrons. The highest BCUT2D eigenvalue weighted by atomic mass is 16.4. The normalized spacial score (nSPS) is 15.3. The molecule has 3 aromatic rings. The van der Waals surface area contributed by atoms with E-state index in [0.717, 1.165) is 29.6 Å². The summed E-state index contributed by atoms with van der Waals surface area (Å²) in [4.78, 5) is 9.86. The van der Waals surface area contributed by atoms with Crippen molar-refractivity contribution in [1.29, 1.82) is 0 Å². The molecule has 0 amide bonds. The molecule has 126 valence electrons. The summed E-state index contributed by atoms with van der Waals surface area (Å²) in [5.41, 5.74) is 2.76. The minimum atomic E-state index is 0.480. The van der Waals surface area contributed by atoms with E-state index in [1.807, 2.05) is 18.2 Å². The van der Waals surface area contributed by atoms with Crippen LogP contribution in [0.1, 0.15) is 25.7 Å². The lowest BCUT2D eigenvalue weighted by Crippen LogP contribution is -2.20. The van der Waals surface area contributed by atoms with Gasteiger partial charge < -0.3 is 19.6 Å². The maximum atomic E-state index is 5.69. The van der Waals surface area contributed by atoms with E-state index in [-0.39, 0.29) is 0 Å². The van der Waals surface area contributed by atoms with E-state index < -0.39 is 0 Å². The third-order valence-corrected chi connectivity index (χ3v) is 4.47. The summed E-state index contributed by atoms with van der Waals surface area (Å²) in [6.07, 6.45) is 6.69. The Kier molecular flexibility index (Phi) is 4.42. The first-order valence-electron chi connectivity index (χ1n) is 8.62. The number of nitrogens with one attached hydrogen (secondary N) is 2. The number of imidazole rings is 1. The monoisotopic (exact) mass is 326 g/mol. The van der Waals surface area contributed by atoms with Crippen LogP contribution < -0.4 is 5.32 Å². The third-order valence-electron chi connectivity index (χ3n) is 4.47. The van der Waals surface area contributed by atoms with Gasteiger partial charge in [-0.3, -0.25) is 0 Å². The van der Waals surface area contributed by atoms with Crippen molar-refractivity contribution in [2.45, 2.75) is 25.7 Å². The first-order chi connectivity index (χ1) is 11.9. The van der Waals surface area contributed by atoms with Crippen molar-refractivity contribution in [3.05, 3.63) is 24.5 Å². The number of unbranched alkanes of at least 4 members (excludes halogenated alkanes) is 1. The van der Waals surface area contributed by atoms with Crippen LogP contribution in [0.5, 0.6) is 0 Å². The summed E-state index contributed by atoms with van der Waals surface area (Å²) in [5.74, 6) is 0.513. The number of rotatable bonds is 7. The highest BCUT2D eigenvalue weighted by molar-refractivity contribution is 5.79. The molecule has 0 atom stereocenters. The zero-order valence-corrected chi connectivity index (χ0v) is 13.7. The number of anilines is 1. The lowest BCUT2D eigenvalue weighted by molar-refractivity contribution is 0.331. The number of hydrogen-bond donors (Lipinski definition) is 2. The Balaban J connectivity index is 1.28. The number of nitrogens with zero attached hydrogens (tertiary/aromatic N) is 4. The first-order valence-corrected chi connectivity index (χ1v) is 8.62. The van der Waals surface area contributed by atoms with Crippen molar-refractivity contribution >= 4 is 17.0 Å². The van der Waals surface area contributed by atoms with Gasteiger partial charge in [-0.05, 0) is 63.5 Å². The van der Waals surface area contributed by atoms with E-state index in [9.17, 15) is 0 Å². The number of likely N-dealkylation sites (tertiary alicyclic amines) is 1. The molecule has 2 N–H and O–H groups in total. The van der Waals surface area contributed by atoms with E-state index in [1.54, 1.807) is 6.33 Å². The summed E-state index contributed by atoms with van der Waals surface area (Å²) in [6, 6.07) is 6.34. The molecule has 7 heteroatoms. The van der Waals surface area contributed by atoms with Crippen LogP contribution in [0, 0.1) is 0 Å². The van der Waals surface area contributed by atoms with Crippen molar-refractivity contribution < 1.29 is 4.42 Å². The SMILES string of the molecule is c1nc2cc(-c3nnc(NCCCCN4CCCC4)o3)ccc2[nH]1. The molecule has 3 heterocycles. The van der Waals surface area contributed by atoms with Crippen molar-refractivity contribution in [2.24, 2.45) is 0 Å². The Hall–Kier alpha value is -2.41. The summed E-state index contributed by atoms with van der Waals surface area (Å²) < 4.78 is 5.69. The van der Waals surface area contributed by atoms with Crippen molar-refractivity contribution in [2.75, 3.05) is 31.5 Å². The van der Waals surface area contributed by atoms with Gasteiger partial charge in [-0.2, -0.15) is 0 Å². The van der Waals surface area contributed by atoms with Gasteiger partial charge in [0.25, 0.3) is 0 Å². The smallest absolute Gasteiger partial charge is 0.315 e. The molecule has 1 aliphatic heterocycles. The van der Waals surface area contributed by atoms with Crippen LogP contribution in [0.15, 0.2) is 28.9 Å². The fourth-order valence-electron chi connectivity index (χ4n) is 3.14. The fourth-order valence-corrected chi connectivity index (χ4v) is 3.14. The Bertz CT molecular complexity index is 789. The van der Waals surface area contributed by atoms with Crippen LogP contribution in [0.2, 0.25) is 0 Å². The van der Waals surface area contributed by atoms with Gasteiger partial charge in [0.2, 0.25) is 5.89 Å². The van der Waals surface area contributed by atoms with Gasteiger partial charge in [0.15, 0.2) is 0 Å². The van der Waals surface area contributed by atoms with Gasteiger partial charge in [-0.25, -0.2) is 4.98 Å². The molecule has 2 aromatic heterocycles. The van der Waals surface area contributed by atoms with Gasteiger partial charge in [0.1, 0.15) is 0 Å². The van der Waals surface area contributed by atoms with Gasteiger partial charge in [0, 0.05) is 12.1 Å². The predicted octanol–water partition coefficient (Wildman–Crippen LogP) is 2.90. The Morgan fingerprint density at radius 3 is 3.00 bits per heavy atom. The number of aromatic nitrogens is 4. The molecule has 1 fully saturated rings. The molecule has 1 saturated heterocycles. The molecule has 1 aliphatic rings. The lowest BCUT2D eigenvalue weighted by atomic mass is 10.2. The van der Waals surface area contributed by atoms with E-state index >= 15 is 0 Å². The standard InChI is InChI=1S/C17H22N6O/c1(2-8-23-9-3-4-10-23)7-18-17-22-21-16(24-17)13-5-6-14-15(11-13)20-12-19-14/h5-6,11-12H,1-4,7-10H2,(H,18,22)(H,19,20). The van der Waals surface area contributed by atoms with Gasteiger partial charge >= 0.3 is 6.01 Å². The average Bonchev–Trinajstić information content (AvgIpc) is 3.35. The minimum Gasteiger partial charge on any atom is -0.403 e. The minimum absolute atomic E-state index is 0.480. The van der Waals surface area contributed by atoms with Crippen LogP contribution in [-0.4, -0.2) is 51.2 Å². The van der Waals surface area contributed by atoms with Gasteiger partial charge in [-0.15, -0.1) is 5.10 Å². The van der Waals surface area contributed by atoms with Gasteiger partial charge in [0.05, 0.1) is 17.4 Å².